The molecule has 3 rings (SSSR count). The highest BCUT2D eigenvalue weighted by atomic mass is 35.5. The molecule has 1 aliphatic heterocycles. The summed E-state index contributed by atoms with van der Waals surface area (Å²) in [5.74, 6) is 0.128. The van der Waals surface area contributed by atoms with Crippen molar-refractivity contribution in [3.8, 4) is 5.75 Å². The van der Waals surface area contributed by atoms with Gasteiger partial charge in [0.1, 0.15) is 12.4 Å². The number of para-hydroxylation sites is 1. The maximum Gasteiger partial charge on any atom is 0.338 e. The number of carbonyl (C=O) groups is 2. The summed E-state index contributed by atoms with van der Waals surface area (Å²) in [5.41, 5.74) is 2.63. The van der Waals surface area contributed by atoms with Gasteiger partial charge in [0.15, 0.2) is 0 Å². The molecule has 6 nitrogen and oxygen atoms in total. The van der Waals surface area contributed by atoms with E-state index in [-0.39, 0.29) is 12.6 Å². The van der Waals surface area contributed by atoms with E-state index in [1.54, 1.807) is 19.1 Å². The van der Waals surface area contributed by atoms with Crippen molar-refractivity contribution in [1.29, 1.82) is 0 Å². The molecule has 0 saturated carbocycles. The van der Waals surface area contributed by atoms with Crippen LogP contribution in [0.2, 0.25) is 5.02 Å². The maximum absolute atomic E-state index is 12.8. The fourth-order valence-electron chi connectivity index (χ4n) is 3.34. The predicted molar refractivity (Wildman–Crippen MR) is 115 cm³/mol. The molecule has 1 aliphatic rings. The van der Waals surface area contributed by atoms with Gasteiger partial charge in [-0.25, -0.2) is 9.59 Å². The van der Waals surface area contributed by atoms with E-state index in [0.29, 0.717) is 40.6 Å². The summed E-state index contributed by atoms with van der Waals surface area (Å²) in [4.78, 5) is 25.1. The molecule has 7 heteroatoms. The normalized spacial score (nSPS) is 16.0. The summed E-state index contributed by atoms with van der Waals surface area (Å²) in [6.45, 7) is 4.32. The highest BCUT2D eigenvalue weighted by Crippen LogP contribution is 2.35. The Hall–Kier alpha value is -2.99. The van der Waals surface area contributed by atoms with Crippen LogP contribution in [0.15, 0.2) is 59.8 Å². The van der Waals surface area contributed by atoms with Crippen molar-refractivity contribution in [2.45, 2.75) is 39.3 Å². The van der Waals surface area contributed by atoms with Crippen LogP contribution in [-0.2, 0) is 16.1 Å². The molecule has 2 aromatic carbocycles. The zero-order chi connectivity index (χ0) is 21.5. The van der Waals surface area contributed by atoms with E-state index in [2.05, 4.69) is 10.6 Å². The van der Waals surface area contributed by atoms with Gasteiger partial charge >= 0.3 is 12.0 Å². The summed E-state index contributed by atoms with van der Waals surface area (Å²) in [5, 5.41) is 6.27. The molecule has 0 fully saturated rings. The Kier molecular flexibility index (Phi) is 7.36. The van der Waals surface area contributed by atoms with Crippen molar-refractivity contribution in [1.82, 2.24) is 10.6 Å². The van der Waals surface area contributed by atoms with Gasteiger partial charge < -0.3 is 20.1 Å². The van der Waals surface area contributed by atoms with Crippen molar-refractivity contribution in [3.63, 3.8) is 0 Å². The Morgan fingerprint density at radius 3 is 2.53 bits per heavy atom. The van der Waals surface area contributed by atoms with Crippen LogP contribution >= 0.6 is 11.6 Å². The van der Waals surface area contributed by atoms with Crippen LogP contribution < -0.4 is 15.4 Å². The second-order valence-electron chi connectivity index (χ2n) is 6.85. The minimum Gasteiger partial charge on any atom is -0.489 e. The van der Waals surface area contributed by atoms with Crippen LogP contribution in [0.3, 0.4) is 0 Å². The molecule has 0 aliphatic carbocycles. The Morgan fingerprint density at radius 2 is 1.83 bits per heavy atom. The molecule has 30 heavy (non-hydrogen) atoms. The first-order valence-electron chi connectivity index (χ1n) is 9.97. The SMILES string of the molecule is CCCC1=C(C(=O)OCC)C(c2ccccc2OCc2ccc(Cl)cc2)NC(=O)N1. The summed E-state index contributed by atoms with van der Waals surface area (Å²) >= 11 is 5.94. The van der Waals surface area contributed by atoms with E-state index in [1.807, 2.05) is 43.3 Å². The average molecular weight is 429 g/mol. The monoisotopic (exact) mass is 428 g/mol. The van der Waals surface area contributed by atoms with Crippen molar-refractivity contribution < 1.29 is 19.1 Å². The van der Waals surface area contributed by atoms with Crippen LogP contribution in [0.5, 0.6) is 5.75 Å². The zero-order valence-corrected chi connectivity index (χ0v) is 17.8. The lowest BCUT2D eigenvalue weighted by Crippen LogP contribution is -2.46. The highest BCUT2D eigenvalue weighted by Gasteiger charge is 2.34. The number of ether oxygens (including phenoxy) is 2. The van der Waals surface area contributed by atoms with Crippen LogP contribution in [0.4, 0.5) is 4.79 Å². The molecule has 158 valence electrons. The molecule has 0 radical (unpaired) electrons. The largest absolute Gasteiger partial charge is 0.489 e. The van der Waals surface area contributed by atoms with Gasteiger partial charge in [-0.2, -0.15) is 0 Å². The minimum atomic E-state index is -0.666. The van der Waals surface area contributed by atoms with Gasteiger partial charge in [0.2, 0.25) is 0 Å². The van der Waals surface area contributed by atoms with Gasteiger partial charge in [0.05, 0.1) is 18.2 Å². The van der Waals surface area contributed by atoms with Gasteiger partial charge in [-0.3, -0.25) is 0 Å². The smallest absolute Gasteiger partial charge is 0.338 e. The average Bonchev–Trinajstić information content (AvgIpc) is 2.73. The third kappa shape index (κ3) is 5.13. The number of hydrogen-bond acceptors (Lipinski definition) is 4. The third-order valence-electron chi connectivity index (χ3n) is 4.69. The first-order valence-corrected chi connectivity index (χ1v) is 10.3. The molecule has 1 atom stereocenters. The van der Waals surface area contributed by atoms with Crippen LogP contribution in [0.25, 0.3) is 0 Å². The fraction of sp³-hybridized carbons (Fsp3) is 0.304. The predicted octanol–water partition coefficient (Wildman–Crippen LogP) is 4.89. The summed E-state index contributed by atoms with van der Waals surface area (Å²) < 4.78 is 11.3. The Balaban J connectivity index is 1.95. The van der Waals surface area contributed by atoms with Crippen molar-refractivity contribution in [2.75, 3.05) is 6.61 Å². The molecule has 0 spiro atoms. The molecular weight excluding hydrogens is 404 g/mol. The molecule has 2 N–H and O–H groups in total. The Morgan fingerprint density at radius 1 is 1.10 bits per heavy atom. The first kappa shape index (κ1) is 21.7. The van der Waals surface area contributed by atoms with E-state index < -0.39 is 12.0 Å². The van der Waals surface area contributed by atoms with E-state index in [9.17, 15) is 9.59 Å². The van der Waals surface area contributed by atoms with Crippen molar-refractivity contribution >= 4 is 23.6 Å². The molecule has 2 aromatic rings. The fourth-order valence-corrected chi connectivity index (χ4v) is 3.47. The number of urea groups is 1. The minimum absolute atomic E-state index is 0.247. The van der Waals surface area contributed by atoms with Gasteiger partial charge in [-0.15, -0.1) is 0 Å². The molecule has 0 aromatic heterocycles. The quantitative estimate of drug-likeness (QED) is 0.587. The van der Waals surface area contributed by atoms with Gasteiger partial charge in [-0.1, -0.05) is 55.3 Å². The topological polar surface area (TPSA) is 76.7 Å². The number of amides is 2. The highest BCUT2D eigenvalue weighted by molar-refractivity contribution is 6.30. The number of nitrogens with one attached hydrogen (secondary N) is 2. The lowest BCUT2D eigenvalue weighted by atomic mass is 9.93. The molecule has 0 bridgehead atoms. The number of esters is 1. The summed E-state index contributed by atoms with van der Waals surface area (Å²) in [6.07, 6.45) is 1.34. The van der Waals surface area contributed by atoms with Crippen molar-refractivity contribution in [3.05, 3.63) is 76.0 Å². The van der Waals surface area contributed by atoms with Crippen LogP contribution in [-0.4, -0.2) is 18.6 Å². The summed E-state index contributed by atoms with van der Waals surface area (Å²) in [6, 6.07) is 13.7. The zero-order valence-electron chi connectivity index (χ0n) is 17.0. The Labute approximate surface area is 181 Å². The maximum atomic E-state index is 12.8. The second kappa shape index (κ2) is 10.2. The molecule has 1 heterocycles. The molecule has 2 amide bonds. The Bertz CT molecular complexity index is 940. The molecular formula is C23H25ClN2O4. The van der Waals surface area contributed by atoms with Crippen molar-refractivity contribution in [2.24, 2.45) is 0 Å². The van der Waals surface area contributed by atoms with E-state index in [1.165, 1.54) is 0 Å². The first-order chi connectivity index (χ1) is 14.5. The lowest BCUT2D eigenvalue weighted by molar-refractivity contribution is -0.139. The molecule has 0 saturated heterocycles. The van der Waals surface area contributed by atoms with Crippen LogP contribution in [0, 0.1) is 0 Å². The third-order valence-corrected chi connectivity index (χ3v) is 4.94. The van der Waals surface area contributed by atoms with E-state index in [0.717, 1.165) is 12.0 Å². The number of halogens is 1. The van der Waals surface area contributed by atoms with Crippen LogP contribution in [0.1, 0.15) is 43.9 Å². The standard InChI is InChI=1S/C23H25ClN2O4/c1-3-7-18-20(22(27)29-4-2)21(26-23(28)25-18)17-8-5-6-9-19(17)30-14-15-10-12-16(24)13-11-15/h5-6,8-13,21H,3-4,7,14H2,1-2H3,(H2,25,26,28). The van der Waals surface area contributed by atoms with E-state index in [4.69, 9.17) is 21.1 Å². The van der Waals surface area contributed by atoms with E-state index >= 15 is 0 Å². The summed E-state index contributed by atoms with van der Waals surface area (Å²) in [7, 11) is 0. The van der Waals surface area contributed by atoms with Gasteiger partial charge in [-0.05, 0) is 37.1 Å². The number of rotatable bonds is 8. The van der Waals surface area contributed by atoms with Gasteiger partial charge in [0.25, 0.3) is 0 Å². The number of allylic oxidation sites excluding steroid dienone is 1. The number of hydrogen-bond donors (Lipinski definition) is 2. The molecule has 1 unspecified atom stereocenters. The number of carbonyl (C=O) groups excluding carboxylic acids is 2. The van der Waals surface area contributed by atoms with Gasteiger partial charge in [0, 0.05) is 16.3 Å². The lowest BCUT2D eigenvalue weighted by Gasteiger charge is -2.30. The second-order valence-corrected chi connectivity index (χ2v) is 7.28. The number of benzene rings is 2.